The Morgan fingerprint density at radius 1 is 1.56 bits per heavy atom. The van der Waals surface area contributed by atoms with Gasteiger partial charge in [-0.2, -0.15) is 0 Å². The van der Waals surface area contributed by atoms with E-state index in [9.17, 15) is 9.18 Å². The van der Waals surface area contributed by atoms with E-state index in [-0.39, 0.29) is 12.2 Å². The van der Waals surface area contributed by atoms with Gasteiger partial charge < -0.3 is 9.84 Å². The van der Waals surface area contributed by atoms with Crippen LogP contribution in [0.5, 0.6) is 0 Å². The van der Waals surface area contributed by atoms with E-state index in [4.69, 9.17) is 9.84 Å². The van der Waals surface area contributed by atoms with Gasteiger partial charge in [0.05, 0.1) is 12.0 Å². The number of carbonyl (C=O) groups is 1. The molecule has 0 saturated carbocycles. The molecule has 0 amide bonds. The fourth-order valence-corrected chi connectivity index (χ4v) is 1.61. The Balaban J connectivity index is 2.80. The molecule has 0 bridgehead atoms. The van der Waals surface area contributed by atoms with E-state index >= 15 is 0 Å². The minimum atomic E-state index is -0.930. The molecule has 0 aromatic heterocycles. The number of ether oxygens (including phenoxy) is 1. The van der Waals surface area contributed by atoms with Crippen LogP contribution in [-0.4, -0.2) is 23.8 Å². The number of rotatable bonds is 5. The summed E-state index contributed by atoms with van der Waals surface area (Å²) in [7, 11) is 1.46. The molecule has 0 aliphatic carbocycles. The fraction of sp³-hybridized carbons (Fsp3) is 0.417. The van der Waals surface area contributed by atoms with Crippen molar-refractivity contribution in [3.05, 3.63) is 35.6 Å². The highest BCUT2D eigenvalue weighted by atomic mass is 19.1. The highest BCUT2D eigenvalue weighted by Crippen LogP contribution is 2.21. The van der Waals surface area contributed by atoms with Crippen LogP contribution in [0, 0.1) is 5.82 Å². The fourth-order valence-electron chi connectivity index (χ4n) is 1.61. The topological polar surface area (TPSA) is 46.5 Å². The summed E-state index contributed by atoms with van der Waals surface area (Å²) in [6, 6.07) is 6.09. The van der Waals surface area contributed by atoms with Crippen molar-refractivity contribution in [3.8, 4) is 0 Å². The second-order valence-electron chi connectivity index (χ2n) is 4.03. The monoisotopic (exact) mass is 226 g/mol. The van der Waals surface area contributed by atoms with Gasteiger partial charge in [-0.25, -0.2) is 4.39 Å². The molecule has 88 valence electrons. The molecule has 0 spiro atoms. The Bertz CT molecular complexity index is 378. The third kappa shape index (κ3) is 3.62. The molecule has 1 aromatic rings. The molecule has 0 saturated heterocycles. The number of methoxy groups -OCH3 is 1. The van der Waals surface area contributed by atoms with Crippen molar-refractivity contribution in [2.45, 2.75) is 25.4 Å². The first-order valence-electron chi connectivity index (χ1n) is 4.96. The van der Waals surface area contributed by atoms with Gasteiger partial charge in [-0.05, 0) is 24.6 Å². The third-order valence-corrected chi connectivity index (χ3v) is 2.49. The van der Waals surface area contributed by atoms with Crippen molar-refractivity contribution in [2.75, 3.05) is 7.11 Å². The number of hydrogen-bond acceptors (Lipinski definition) is 2. The molecular formula is C12H15FO3. The lowest BCUT2D eigenvalue weighted by molar-refractivity contribution is -0.143. The molecule has 16 heavy (non-hydrogen) atoms. The van der Waals surface area contributed by atoms with Gasteiger partial charge in [0.1, 0.15) is 5.82 Å². The second-order valence-corrected chi connectivity index (χ2v) is 4.03. The maximum Gasteiger partial charge on any atom is 0.306 e. The number of hydrogen-bond donors (Lipinski definition) is 1. The summed E-state index contributed by atoms with van der Waals surface area (Å²) >= 11 is 0. The van der Waals surface area contributed by atoms with Gasteiger partial charge in [-0.15, -0.1) is 0 Å². The van der Waals surface area contributed by atoms with Crippen LogP contribution >= 0.6 is 0 Å². The van der Waals surface area contributed by atoms with Crippen LogP contribution in [0.1, 0.15) is 18.9 Å². The van der Waals surface area contributed by atoms with Crippen molar-refractivity contribution in [2.24, 2.45) is 0 Å². The number of aliphatic carboxylic acids is 1. The van der Waals surface area contributed by atoms with Gasteiger partial charge in [0.25, 0.3) is 0 Å². The van der Waals surface area contributed by atoms with Crippen molar-refractivity contribution >= 4 is 5.97 Å². The molecule has 1 atom stereocenters. The van der Waals surface area contributed by atoms with Crippen LogP contribution < -0.4 is 0 Å². The molecule has 0 aliphatic heterocycles. The molecule has 3 nitrogen and oxygen atoms in total. The zero-order chi connectivity index (χ0) is 12.2. The van der Waals surface area contributed by atoms with Crippen LogP contribution in [0.2, 0.25) is 0 Å². The third-order valence-electron chi connectivity index (χ3n) is 2.49. The van der Waals surface area contributed by atoms with E-state index < -0.39 is 11.6 Å². The molecule has 4 heteroatoms. The lowest BCUT2D eigenvalue weighted by atomic mass is 9.93. The van der Waals surface area contributed by atoms with Crippen molar-refractivity contribution in [3.63, 3.8) is 0 Å². The summed E-state index contributed by atoms with van der Waals surface area (Å²) in [5.74, 6) is -1.26. The van der Waals surface area contributed by atoms with E-state index in [0.717, 1.165) is 5.56 Å². The van der Waals surface area contributed by atoms with E-state index in [1.54, 1.807) is 19.1 Å². The van der Waals surface area contributed by atoms with Crippen molar-refractivity contribution in [1.82, 2.24) is 0 Å². The van der Waals surface area contributed by atoms with Crippen LogP contribution in [0.4, 0.5) is 4.39 Å². The van der Waals surface area contributed by atoms with Crippen LogP contribution in [0.15, 0.2) is 24.3 Å². The van der Waals surface area contributed by atoms with Crippen LogP contribution in [0.3, 0.4) is 0 Å². The first-order valence-corrected chi connectivity index (χ1v) is 4.96. The highest BCUT2D eigenvalue weighted by molar-refractivity contribution is 5.68. The lowest BCUT2D eigenvalue weighted by Crippen LogP contribution is -2.33. The van der Waals surface area contributed by atoms with E-state index in [0.29, 0.717) is 6.42 Å². The summed E-state index contributed by atoms with van der Waals surface area (Å²) in [5, 5.41) is 8.76. The number of benzene rings is 1. The first kappa shape index (κ1) is 12.6. The molecule has 0 fully saturated rings. The average molecular weight is 226 g/mol. The summed E-state index contributed by atoms with van der Waals surface area (Å²) < 4.78 is 18.1. The highest BCUT2D eigenvalue weighted by Gasteiger charge is 2.27. The van der Waals surface area contributed by atoms with Gasteiger partial charge in [0, 0.05) is 13.5 Å². The number of carboxylic acid groups (broad SMARTS) is 1. The predicted molar refractivity (Wildman–Crippen MR) is 57.8 cm³/mol. The van der Waals surface area contributed by atoms with E-state index in [1.165, 1.54) is 19.2 Å². The zero-order valence-electron chi connectivity index (χ0n) is 9.37. The Kier molecular flexibility index (Phi) is 4.01. The predicted octanol–water partition coefficient (Wildman–Crippen LogP) is 2.25. The molecular weight excluding hydrogens is 211 g/mol. The van der Waals surface area contributed by atoms with Crippen LogP contribution in [-0.2, 0) is 16.0 Å². The maximum absolute atomic E-state index is 13.0. The van der Waals surface area contributed by atoms with Crippen molar-refractivity contribution < 1.29 is 19.0 Å². The summed E-state index contributed by atoms with van der Waals surface area (Å²) in [5.41, 5.74) is -0.0785. The molecule has 1 rings (SSSR count). The van der Waals surface area contributed by atoms with Gasteiger partial charge in [0.15, 0.2) is 0 Å². The lowest BCUT2D eigenvalue weighted by Gasteiger charge is -2.26. The molecule has 0 aliphatic rings. The molecule has 1 unspecified atom stereocenters. The zero-order valence-corrected chi connectivity index (χ0v) is 9.37. The quantitative estimate of drug-likeness (QED) is 0.837. The average Bonchev–Trinajstić information content (AvgIpc) is 2.16. The molecule has 0 heterocycles. The molecule has 0 radical (unpaired) electrons. The normalized spacial score (nSPS) is 14.4. The van der Waals surface area contributed by atoms with E-state index in [1.807, 2.05) is 0 Å². The Labute approximate surface area is 93.9 Å². The molecule has 1 aromatic carbocycles. The SMILES string of the molecule is COC(C)(CC(=O)O)Cc1cccc(F)c1. The van der Waals surface area contributed by atoms with Gasteiger partial charge in [-0.1, -0.05) is 12.1 Å². The summed E-state index contributed by atoms with van der Waals surface area (Å²) in [6.07, 6.45) is 0.258. The Morgan fingerprint density at radius 2 is 2.25 bits per heavy atom. The van der Waals surface area contributed by atoms with Gasteiger partial charge in [-0.3, -0.25) is 4.79 Å². The Morgan fingerprint density at radius 3 is 2.75 bits per heavy atom. The standard InChI is InChI=1S/C12H15FO3/c1-12(16-2,8-11(14)15)7-9-4-3-5-10(13)6-9/h3-6H,7-8H2,1-2H3,(H,14,15). The second kappa shape index (κ2) is 5.07. The number of halogens is 1. The maximum atomic E-state index is 13.0. The van der Waals surface area contributed by atoms with Crippen molar-refractivity contribution in [1.29, 1.82) is 0 Å². The number of carboxylic acids is 1. The smallest absolute Gasteiger partial charge is 0.306 e. The summed E-state index contributed by atoms with van der Waals surface area (Å²) in [4.78, 5) is 10.7. The van der Waals surface area contributed by atoms with Gasteiger partial charge in [0.2, 0.25) is 0 Å². The van der Waals surface area contributed by atoms with E-state index in [2.05, 4.69) is 0 Å². The Hall–Kier alpha value is -1.42. The summed E-state index contributed by atoms with van der Waals surface area (Å²) in [6.45, 7) is 1.70. The largest absolute Gasteiger partial charge is 0.481 e. The van der Waals surface area contributed by atoms with Crippen LogP contribution in [0.25, 0.3) is 0 Å². The first-order chi connectivity index (χ1) is 7.45. The minimum absolute atomic E-state index is 0.111. The minimum Gasteiger partial charge on any atom is -0.481 e. The van der Waals surface area contributed by atoms with Gasteiger partial charge >= 0.3 is 5.97 Å². The molecule has 1 N–H and O–H groups in total.